The first-order valence-electron chi connectivity index (χ1n) is 15.3. The molecule has 1 aromatic heterocycles. The Morgan fingerprint density at radius 3 is 1.84 bits per heavy atom. The van der Waals surface area contributed by atoms with Crippen molar-refractivity contribution in [3.05, 3.63) is 164 Å². The van der Waals surface area contributed by atoms with Gasteiger partial charge in [0, 0.05) is 22.1 Å². The summed E-state index contributed by atoms with van der Waals surface area (Å²) in [5.74, 6) is 1.81. The lowest BCUT2D eigenvalue weighted by Gasteiger charge is -2.22. The molecule has 2 nitrogen and oxygen atoms in total. The van der Waals surface area contributed by atoms with Crippen molar-refractivity contribution in [1.82, 2.24) is 4.98 Å². The maximum absolute atomic E-state index is 6.35. The van der Waals surface area contributed by atoms with E-state index in [1.165, 1.54) is 38.4 Å². The van der Waals surface area contributed by atoms with Crippen LogP contribution in [0.1, 0.15) is 0 Å². The van der Waals surface area contributed by atoms with E-state index in [1.807, 2.05) is 18.2 Å². The average molecular weight is 574 g/mol. The number of hydrogen-bond acceptors (Lipinski definition) is 2. The molecule has 0 atom stereocenters. The van der Waals surface area contributed by atoms with E-state index in [-0.39, 0.29) is 0 Å². The molecule has 0 saturated heterocycles. The van der Waals surface area contributed by atoms with Crippen LogP contribution in [-0.4, -0.2) is 4.98 Å². The Morgan fingerprint density at radius 2 is 1.02 bits per heavy atom. The van der Waals surface area contributed by atoms with Crippen molar-refractivity contribution in [3.8, 4) is 67.4 Å². The first-order chi connectivity index (χ1) is 22.3. The molecule has 1 aliphatic heterocycles. The molecule has 9 rings (SSSR count). The molecule has 45 heavy (non-hydrogen) atoms. The second kappa shape index (κ2) is 10.3. The number of para-hydroxylation sites is 1. The van der Waals surface area contributed by atoms with E-state index in [1.54, 1.807) is 0 Å². The van der Waals surface area contributed by atoms with E-state index in [2.05, 4.69) is 146 Å². The molecule has 7 aromatic carbocycles. The number of hydrogen-bond donors (Lipinski definition) is 0. The predicted molar refractivity (Wildman–Crippen MR) is 187 cm³/mol. The summed E-state index contributed by atoms with van der Waals surface area (Å²) in [6.07, 6.45) is 0. The van der Waals surface area contributed by atoms with Crippen molar-refractivity contribution in [2.75, 3.05) is 0 Å². The summed E-state index contributed by atoms with van der Waals surface area (Å²) < 4.78 is 6.35. The average Bonchev–Trinajstić information content (AvgIpc) is 3.12. The lowest BCUT2D eigenvalue weighted by atomic mass is 9.90. The molecule has 8 aromatic rings. The highest BCUT2D eigenvalue weighted by Gasteiger charge is 2.21. The fraction of sp³-hybridized carbons (Fsp3) is 0. The molecule has 2 heteroatoms. The molecular formula is C43H27NO. The summed E-state index contributed by atoms with van der Waals surface area (Å²) in [6, 6.07) is 57.9. The first kappa shape index (κ1) is 25.5. The van der Waals surface area contributed by atoms with Crippen LogP contribution < -0.4 is 4.74 Å². The van der Waals surface area contributed by atoms with Crippen LogP contribution in [0.25, 0.3) is 77.4 Å². The minimum atomic E-state index is 0.906. The Labute approximate surface area is 261 Å². The SMILES string of the molecule is c1ccc(-c2cc(-c3ccccc3)nc(-c3ccc4ccc(-c5ccc6c7c(cccc57)-c5ccccc5O6)cc4c3)c2)cc1. The Balaban J connectivity index is 1.18. The highest BCUT2D eigenvalue weighted by molar-refractivity contribution is 6.10. The van der Waals surface area contributed by atoms with Crippen molar-refractivity contribution < 1.29 is 4.74 Å². The Morgan fingerprint density at radius 1 is 0.356 bits per heavy atom. The van der Waals surface area contributed by atoms with Gasteiger partial charge >= 0.3 is 0 Å². The number of ether oxygens (including phenoxy) is 1. The number of pyridine rings is 1. The van der Waals surface area contributed by atoms with Gasteiger partial charge in [-0.25, -0.2) is 4.98 Å². The Hall–Kier alpha value is -5.99. The zero-order valence-corrected chi connectivity index (χ0v) is 24.4. The van der Waals surface area contributed by atoms with Gasteiger partial charge in [-0.2, -0.15) is 0 Å². The molecule has 0 N–H and O–H groups in total. The van der Waals surface area contributed by atoms with Crippen LogP contribution >= 0.6 is 0 Å². The van der Waals surface area contributed by atoms with Crippen molar-refractivity contribution in [3.63, 3.8) is 0 Å². The van der Waals surface area contributed by atoms with Crippen molar-refractivity contribution in [1.29, 1.82) is 0 Å². The van der Waals surface area contributed by atoms with Crippen LogP contribution in [0.15, 0.2) is 164 Å². The van der Waals surface area contributed by atoms with Gasteiger partial charge in [-0.1, -0.05) is 127 Å². The summed E-state index contributed by atoms with van der Waals surface area (Å²) in [6.45, 7) is 0. The monoisotopic (exact) mass is 573 g/mol. The zero-order chi connectivity index (χ0) is 29.7. The maximum Gasteiger partial charge on any atom is 0.135 e. The summed E-state index contributed by atoms with van der Waals surface area (Å²) in [4.78, 5) is 5.17. The van der Waals surface area contributed by atoms with Gasteiger partial charge in [-0.05, 0) is 80.4 Å². The van der Waals surface area contributed by atoms with Gasteiger partial charge in [0.2, 0.25) is 0 Å². The molecule has 0 unspecified atom stereocenters. The second-order valence-electron chi connectivity index (χ2n) is 11.6. The molecule has 210 valence electrons. The largest absolute Gasteiger partial charge is 0.456 e. The highest BCUT2D eigenvalue weighted by atomic mass is 16.5. The molecule has 0 saturated carbocycles. The highest BCUT2D eigenvalue weighted by Crippen LogP contribution is 2.48. The standard InChI is InChI=1S/C43H27NO/c1-3-10-28(11-4-1)34-26-39(30-12-5-2-6-13-30)44-40(27-34)32-21-19-29-18-20-31(24-33(29)25-32)35-22-23-42-43-37(35)15-9-16-38(43)36-14-7-8-17-41(36)45-42/h1-27H. The van der Waals surface area contributed by atoms with E-state index in [0.717, 1.165) is 50.5 Å². The van der Waals surface area contributed by atoms with E-state index < -0.39 is 0 Å². The summed E-state index contributed by atoms with van der Waals surface area (Å²) in [5, 5.41) is 4.74. The van der Waals surface area contributed by atoms with Crippen molar-refractivity contribution >= 4 is 21.5 Å². The molecule has 0 spiro atoms. The molecule has 0 amide bonds. The quantitative estimate of drug-likeness (QED) is 0.209. The van der Waals surface area contributed by atoms with Crippen LogP contribution in [0.5, 0.6) is 11.5 Å². The number of fused-ring (bicyclic) bond motifs is 3. The summed E-state index contributed by atoms with van der Waals surface area (Å²) in [7, 11) is 0. The maximum atomic E-state index is 6.35. The lowest BCUT2D eigenvalue weighted by Crippen LogP contribution is -1.97. The zero-order valence-electron chi connectivity index (χ0n) is 24.4. The van der Waals surface area contributed by atoms with Gasteiger partial charge in [0.05, 0.1) is 11.4 Å². The van der Waals surface area contributed by atoms with Crippen LogP contribution in [0, 0.1) is 0 Å². The van der Waals surface area contributed by atoms with Crippen LogP contribution in [0.2, 0.25) is 0 Å². The minimum absolute atomic E-state index is 0.906. The van der Waals surface area contributed by atoms with Gasteiger partial charge in [-0.15, -0.1) is 0 Å². The smallest absolute Gasteiger partial charge is 0.135 e. The van der Waals surface area contributed by atoms with Crippen LogP contribution in [-0.2, 0) is 0 Å². The summed E-state index contributed by atoms with van der Waals surface area (Å²) >= 11 is 0. The van der Waals surface area contributed by atoms with Gasteiger partial charge in [0.25, 0.3) is 0 Å². The fourth-order valence-electron chi connectivity index (χ4n) is 6.64. The molecule has 2 heterocycles. The third-order valence-electron chi connectivity index (χ3n) is 8.85. The van der Waals surface area contributed by atoms with E-state index in [4.69, 9.17) is 9.72 Å². The number of rotatable bonds is 4. The first-order valence-corrected chi connectivity index (χ1v) is 15.3. The number of aromatic nitrogens is 1. The molecular weight excluding hydrogens is 546 g/mol. The Kier molecular flexibility index (Phi) is 5.85. The predicted octanol–water partition coefficient (Wildman–Crippen LogP) is 11.8. The topological polar surface area (TPSA) is 22.1 Å². The molecule has 0 fully saturated rings. The van der Waals surface area contributed by atoms with Crippen molar-refractivity contribution in [2.45, 2.75) is 0 Å². The molecule has 0 radical (unpaired) electrons. The molecule has 1 aliphatic rings. The lowest BCUT2D eigenvalue weighted by molar-refractivity contribution is 0.487. The van der Waals surface area contributed by atoms with Gasteiger partial charge < -0.3 is 4.74 Å². The van der Waals surface area contributed by atoms with Gasteiger partial charge in [0.15, 0.2) is 0 Å². The molecule has 0 aliphatic carbocycles. The summed E-state index contributed by atoms with van der Waals surface area (Å²) in [5.41, 5.74) is 11.2. The number of nitrogens with zero attached hydrogens (tertiary/aromatic N) is 1. The third kappa shape index (κ3) is 4.39. The van der Waals surface area contributed by atoms with Gasteiger partial charge in [-0.3, -0.25) is 0 Å². The van der Waals surface area contributed by atoms with E-state index in [9.17, 15) is 0 Å². The van der Waals surface area contributed by atoms with Crippen LogP contribution in [0.4, 0.5) is 0 Å². The van der Waals surface area contributed by atoms with Crippen LogP contribution in [0.3, 0.4) is 0 Å². The Bertz CT molecular complexity index is 2340. The van der Waals surface area contributed by atoms with E-state index >= 15 is 0 Å². The van der Waals surface area contributed by atoms with Crippen molar-refractivity contribution in [2.24, 2.45) is 0 Å². The fourth-order valence-corrected chi connectivity index (χ4v) is 6.64. The normalized spacial score (nSPS) is 11.7. The number of benzene rings is 7. The third-order valence-corrected chi connectivity index (χ3v) is 8.85. The van der Waals surface area contributed by atoms with Gasteiger partial charge in [0.1, 0.15) is 11.5 Å². The second-order valence-corrected chi connectivity index (χ2v) is 11.6. The van der Waals surface area contributed by atoms with E-state index in [0.29, 0.717) is 0 Å². The minimum Gasteiger partial charge on any atom is -0.456 e. The molecule has 0 bridgehead atoms.